The van der Waals surface area contributed by atoms with Gasteiger partial charge in [-0.15, -0.1) is 0 Å². The molecule has 0 fully saturated rings. The molecular weight excluding hydrogens is 947 g/mol. The molecular formula is C48H14F18N2. The van der Waals surface area contributed by atoms with Crippen LogP contribution in [0.5, 0.6) is 0 Å². The van der Waals surface area contributed by atoms with Gasteiger partial charge in [0, 0.05) is 0 Å². The van der Waals surface area contributed by atoms with Crippen molar-refractivity contribution in [2.24, 2.45) is 0 Å². The predicted molar refractivity (Wildman–Crippen MR) is 207 cm³/mol. The Bertz CT molecular complexity index is 3080. The molecule has 0 atom stereocenters. The van der Waals surface area contributed by atoms with Gasteiger partial charge in [0.15, 0.2) is 93.1 Å². The minimum absolute atomic E-state index is 0.0675. The Hall–Kier alpha value is -8.26. The van der Waals surface area contributed by atoms with Crippen molar-refractivity contribution < 1.29 is 79.0 Å². The average molecular weight is 961 g/mol. The molecule has 0 amide bonds. The van der Waals surface area contributed by atoms with Crippen molar-refractivity contribution >= 4 is 23.3 Å². The van der Waals surface area contributed by atoms with Crippen molar-refractivity contribution in [3.8, 4) is 56.6 Å². The number of hydrogen-bond acceptors (Lipinski definition) is 2. The molecule has 0 aliphatic rings. The number of nitrogens with zero attached hydrogens (tertiary/aromatic N) is 2. The molecule has 0 aliphatic carbocycles. The van der Waals surface area contributed by atoms with Crippen LogP contribution in [-0.4, -0.2) is 0 Å². The molecule has 0 heterocycles. The maximum absolute atomic E-state index is 15.2. The molecule has 0 N–H and O–H groups in total. The number of nitriles is 2. The third kappa shape index (κ3) is 7.86. The Labute approximate surface area is 368 Å². The standard InChI is InChI=1S/C48H14F18N2/c49-31-25(32(50)36(54)27(35(31)53)29-39(57)43(61)47(65)44(62)40(29)58)21-9-5-19(6-10-21)23(15-67)13-17-1-2-18(4-3-17)14-24(16-68)20-7-11-22(12-8-20)26-33(51)37(55)28(38(56)34(26)52)30-41(59)45(63)48(66)46(64)42(30)60/h1-14H/b23-13+,24-14+. The Morgan fingerprint density at radius 1 is 0.265 bits per heavy atom. The minimum atomic E-state index is -2.72. The largest absolute Gasteiger partial charge is 0.203 e. The zero-order valence-corrected chi connectivity index (χ0v) is 32.8. The molecule has 0 spiro atoms. The zero-order valence-electron chi connectivity index (χ0n) is 32.8. The number of rotatable bonds is 8. The smallest absolute Gasteiger partial charge is 0.200 e. The summed E-state index contributed by atoms with van der Waals surface area (Å²) in [5, 5.41) is 19.7. The third-order valence-electron chi connectivity index (χ3n) is 10.2. The van der Waals surface area contributed by atoms with E-state index in [0.717, 1.165) is 48.5 Å². The molecule has 7 aromatic rings. The number of allylic oxidation sites excluding steroid dienone is 2. The van der Waals surface area contributed by atoms with Gasteiger partial charge in [0.05, 0.1) is 56.7 Å². The van der Waals surface area contributed by atoms with E-state index in [0.29, 0.717) is 11.1 Å². The van der Waals surface area contributed by atoms with Crippen molar-refractivity contribution in [1.82, 2.24) is 0 Å². The molecule has 0 radical (unpaired) electrons. The topological polar surface area (TPSA) is 47.6 Å². The fraction of sp³-hybridized carbons (Fsp3) is 0. The van der Waals surface area contributed by atoms with Gasteiger partial charge in [-0.3, -0.25) is 0 Å². The Morgan fingerprint density at radius 3 is 0.676 bits per heavy atom. The second-order valence-corrected chi connectivity index (χ2v) is 14.1. The normalized spacial score (nSPS) is 11.8. The van der Waals surface area contributed by atoms with Gasteiger partial charge in [-0.25, -0.2) is 79.0 Å². The van der Waals surface area contributed by atoms with E-state index < -0.39 is 149 Å². The molecule has 0 bridgehead atoms. The summed E-state index contributed by atoms with van der Waals surface area (Å²) in [5.74, 6) is -46.0. The summed E-state index contributed by atoms with van der Waals surface area (Å²) < 4.78 is 261. The molecule has 68 heavy (non-hydrogen) atoms. The molecule has 0 aliphatic heterocycles. The fourth-order valence-corrected chi connectivity index (χ4v) is 6.87. The van der Waals surface area contributed by atoms with E-state index in [-0.39, 0.29) is 22.3 Å². The molecule has 7 aromatic carbocycles. The van der Waals surface area contributed by atoms with E-state index in [1.54, 1.807) is 0 Å². The van der Waals surface area contributed by atoms with E-state index in [2.05, 4.69) is 0 Å². The lowest BCUT2D eigenvalue weighted by Crippen LogP contribution is -2.09. The highest BCUT2D eigenvalue weighted by molar-refractivity contribution is 5.92. The lowest BCUT2D eigenvalue weighted by Gasteiger charge is -2.15. The SMILES string of the molecule is N#C/C(=C\c1ccc(/C=C(\C#N)c2ccc(-c3c(F)c(F)c(-c4c(F)c(F)c(F)c(F)c4F)c(F)c3F)cc2)cc1)c1ccc(-c2c(F)c(F)c(-c3c(F)c(F)c(F)c(F)c3F)c(F)c2F)cc1. The first kappa shape index (κ1) is 47.7. The van der Waals surface area contributed by atoms with Gasteiger partial charge in [-0.05, 0) is 45.5 Å². The Morgan fingerprint density at radius 2 is 0.456 bits per heavy atom. The van der Waals surface area contributed by atoms with Gasteiger partial charge in [-0.1, -0.05) is 72.8 Å². The van der Waals surface area contributed by atoms with Crippen LogP contribution in [0.25, 0.3) is 67.8 Å². The Kier molecular flexibility index (Phi) is 12.8. The maximum Gasteiger partial charge on any atom is 0.200 e. The number of hydrogen-bond donors (Lipinski definition) is 0. The van der Waals surface area contributed by atoms with Crippen LogP contribution in [0, 0.1) is 127 Å². The van der Waals surface area contributed by atoms with Gasteiger partial charge >= 0.3 is 0 Å². The molecule has 7 rings (SSSR count). The van der Waals surface area contributed by atoms with E-state index in [1.807, 2.05) is 12.1 Å². The summed E-state index contributed by atoms with van der Waals surface area (Å²) in [5.41, 5.74) is -12.3. The zero-order chi connectivity index (χ0) is 49.8. The summed E-state index contributed by atoms with van der Waals surface area (Å²) in [6, 6.07) is 17.5. The summed E-state index contributed by atoms with van der Waals surface area (Å²) >= 11 is 0. The maximum atomic E-state index is 15.2. The molecule has 0 unspecified atom stereocenters. The van der Waals surface area contributed by atoms with E-state index in [4.69, 9.17) is 0 Å². The summed E-state index contributed by atoms with van der Waals surface area (Å²) in [4.78, 5) is 0. The molecule has 0 aromatic heterocycles. The van der Waals surface area contributed by atoms with Gasteiger partial charge in [-0.2, -0.15) is 10.5 Å². The minimum Gasteiger partial charge on any atom is -0.203 e. The van der Waals surface area contributed by atoms with Crippen LogP contribution < -0.4 is 0 Å². The van der Waals surface area contributed by atoms with Crippen molar-refractivity contribution in [3.63, 3.8) is 0 Å². The van der Waals surface area contributed by atoms with Crippen LogP contribution in [0.3, 0.4) is 0 Å². The lowest BCUT2D eigenvalue weighted by molar-refractivity contribution is 0.379. The second kappa shape index (κ2) is 18.2. The molecule has 342 valence electrons. The third-order valence-corrected chi connectivity index (χ3v) is 10.2. The van der Waals surface area contributed by atoms with Crippen LogP contribution in [0.2, 0.25) is 0 Å². The van der Waals surface area contributed by atoms with E-state index in [9.17, 15) is 54.4 Å². The van der Waals surface area contributed by atoms with E-state index >= 15 is 35.1 Å². The highest BCUT2D eigenvalue weighted by Crippen LogP contribution is 2.43. The van der Waals surface area contributed by atoms with Crippen LogP contribution in [0.1, 0.15) is 22.3 Å². The average Bonchev–Trinajstić information content (AvgIpc) is 3.34. The molecule has 20 heteroatoms. The van der Waals surface area contributed by atoms with Crippen molar-refractivity contribution in [2.75, 3.05) is 0 Å². The van der Waals surface area contributed by atoms with Gasteiger partial charge in [0.2, 0.25) is 11.6 Å². The van der Waals surface area contributed by atoms with Gasteiger partial charge < -0.3 is 0 Å². The highest BCUT2D eigenvalue weighted by atomic mass is 19.2. The molecule has 2 nitrogen and oxygen atoms in total. The first-order valence-electron chi connectivity index (χ1n) is 18.5. The quantitative estimate of drug-likeness (QED) is 0.0501. The molecule has 0 saturated heterocycles. The first-order valence-corrected chi connectivity index (χ1v) is 18.5. The van der Waals surface area contributed by atoms with Crippen LogP contribution in [0.15, 0.2) is 72.8 Å². The summed E-state index contributed by atoms with van der Waals surface area (Å²) in [7, 11) is 0. The van der Waals surface area contributed by atoms with Crippen molar-refractivity contribution in [1.29, 1.82) is 10.5 Å². The van der Waals surface area contributed by atoms with Crippen molar-refractivity contribution in [2.45, 2.75) is 0 Å². The van der Waals surface area contributed by atoms with Crippen LogP contribution >= 0.6 is 0 Å². The van der Waals surface area contributed by atoms with Crippen LogP contribution in [0.4, 0.5) is 79.0 Å². The summed E-state index contributed by atoms with van der Waals surface area (Å²) in [6.07, 6.45) is 2.62. The monoisotopic (exact) mass is 960 g/mol. The highest BCUT2D eigenvalue weighted by Gasteiger charge is 2.36. The summed E-state index contributed by atoms with van der Waals surface area (Å²) in [6.45, 7) is 0. The van der Waals surface area contributed by atoms with Crippen LogP contribution in [-0.2, 0) is 0 Å². The lowest BCUT2D eigenvalue weighted by atomic mass is 9.94. The fourth-order valence-electron chi connectivity index (χ4n) is 6.87. The Balaban J connectivity index is 1.13. The van der Waals surface area contributed by atoms with Gasteiger partial charge in [0.1, 0.15) is 0 Å². The number of benzene rings is 7. The number of halogens is 18. The second-order valence-electron chi connectivity index (χ2n) is 14.1. The first-order chi connectivity index (χ1) is 32.2. The van der Waals surface area contributed by atoms with Gasteiger partial charge in [0.25, 0.3) is 0 Å². The predicted octanol–water partition coefficient (Wildman–Crippen LogP) is 15.0. The van der Waals surface area contributed by atoms with Crippen molar-refractivity contribution in [3.05, 3.63) is 200 Å². The van der Waals surface area contributed by atoms with E-state index in [1.165, 1.54) is 36.4 Å². The molecule has 0 saturated carbocycles.